The highest BCUT2D eigenvalue weighted by Gasteiger charge is 2.37. The molecule has 3 aromatic carbocycles. The van der Waals surface area contributed by atoms with Gasteiger partial charge in [0.25, 0.3) is 10.1 Å². The lowest BCUT2D eigenvalue weighted by Crippen LogP contribution is -2.50. The summed E-state index contributed by atoms with van der Waals surface area (Å²) in [4.78, 5) is 14.9. The third kappa shape index (κ3) is 5.08. The molecule has 3 aromatic rings. The van der Waals surface area contributed by atoms with E-state index in [2.05, 4.69) is 55.4 Å². The largest absolute Gasteiger partial charge is 0.478 e. The number of hydrogen-bond acceptors (Lipinski definition) is 5. The molecule has 45 heavy (non-hydrogen) atoms. The van der Waals surface area contributed by atoms with Gasteiger partial charge >= 0.3 is 5.97 Å². The minimum absolute atomic E-state index is 0.148. The van der Waals surface area contributed by atoms with E-state index in [1.807, 2.05) is 45.0 Å². The SMILES string of the molecule is CCN1c2cc3c(cc2C(C)=CC1(C)C)C(c1ccccc1C(=O)O)=c1cc2c(cc1O3)=[N+](CC)C(C)(C)C=C2CS(=O)(=O)O. The number of aromatic carboxylic acids is 1. The van der Waals surface area contributed by atoms with Crippen LogP contribution in [0.15, 0.2) is 60.7 Å². The molecule has 0 aliphatic carbocycles. The molecule has 0 atom stereocenters. The molecule has 0 saturated heterocycles. The Labute approximate surface area is 264 Å². The fourth-order valence-electron chi connectivity index (χ4n) is 7.52. The number of rotatable bonds is 6. The van der Waals surface area contributed by atoms with Gasteiger partial charge in [0.2, 0.25) is 5.36 Å². The number of carboxylic acid groups (broad SMARTS) is 1. The van der Waals surface area contributed by atoms with E-state index < -0.39 is 27.4 Å². The standard InChI is InChI=1S/C36H38N2O6S/c1-8-37-29-16-31-27(14-25(29)21(3)18-35(37,4)5)33(23-12-10-11-13-24(23)34(39)40)28-15-26-22(20-45(41,42)43)19-36(6,7)38(9-2)30(26)17-32(28)44-31/h10-19H,8-9,20H2,1-7H3,(H-,39,40,41,42,43)/p+1. The minimum atomic E-state index is -4.34. The van der Waals surface area contributed by atoms with Crippen LogP contribution in [0.25, 0.3) is 16.7 Å². The number of benzene rings is 3. The van der Waals surface area contributed by atoms with Gasteiger partial charge in [-0.1, -0.05) is 24.3 Å². The van der Waals surface area contributed by atoms with Gasteiger partial charge in [-0.25, -0.2) is 9.37 Å². The minimum Gasteiger partial charge on any atom is -0.478 e. The second-order valence-electron chi connectivity index (χ2n) is 13.1. The molecule has 0 bridgehead atoms. The average molecular weight is 628 g/mol. The Bertz CT molecular complexity index is 2100. The van der Waals surface area contributed by atoms with Gasteiger partial charge in [-0.15, -0.1) is 0 Å². The summed E-state index contributed by atoms with van der Waals surface area (Å²) in [5.41, 5.74) is 5.70. The molecule has 2 N–H and O–H groups in total. The summed E-state index contributed by atoms with van der Waals surface area (Å²) >= 11 is 0. The van der Waals surface area contributed by atoms with E-state index in [0.29, 0.717) is 45.5 Å². The van der Waals surface area contributed by atoms with Crippen molar-refractivity contribution in [3.05, 3.63) is 99.1 Å². The van der Waals surface area contributed by atoms with E-state index in [-0.39, 0.29) is 11.1 Å². The zero-order valence-corrected chi connectivity index (χ0v) is 27.5. The maximum absolute atomic E-state index is 12.6. The van der Waals surface area contributed by atoms with Crippen molar-refractivity contribution in [2.24, 2.45) is 0 Å². The molecule has 9 heteroatoms. The smallest absolute Gasteiger partial charge is 0.336 e. The topological polar surface area (TPSA) is 107 Å². The Hall–Kier alpha value is -4.21. The Kier molecular flexibility index (Phi) is 7.13. The van der Waals surface area contributed by atoms with Crippen LogP contribution in [0.2, 0.25) is 0 Å². The monoisotopic (exact) mass is 627 g/mol. The third-order valence-electron chi connectivity index (χ3n) is 9.19. The molecule has 3 heterocycles. The number of fused-ring (bicyclic) bond motifs is 4. The van der Waals surface area contributed by atoms with Crippen molar-refractivity contribution in [3.8, 4) is 11.5 Å². The van der Waals surface area contributed by atoms with E-state index in [0.717, 1.165) is 34.3 Å². The Morgan fingerprint density at radius 1 is 0.933 bits per heavy atom. The van der Waals surface area contributed by atoms with Crippen LogP contribution in [0.1, 0.15) is 81.1 Å². The lowest BCUT2D eigenvalue weighted by atomic mass is 9.83. The fourth-order valence-corrected chi connectivity index (χ4v) is 8.15. The lowest BCUT2D eigenvalue weighted by molar-refractivity contribution is 0.0696. The first-order valence-corrected chi connectivity index (χ1v) is 16.8. The molecule has 234 valence electrons. The van der Waals surface area contributed by atoms with E-state index >= 15 is 0 Å². The predicted octanol–water partition coefficient (Wildman–Crippen LogP) is 5.33. The van der Waals surface area contributed by atoms with Gasteiger partial charge in [0.05, 0.1) is 22.7 Å². The van der Waals surface area contributed by atoms with E-state index in [1.165, 1.54) is 0 Å². The zero-order chi connectivity index (χ0) is 32.6. The molecule has 0 saturated carbocycles. The third-order valence-corrected chi connectivity index (χ3v) is 9.87. The van der Waals surface area contributed by atoms with Gasteiger partial charge in [0.15, 0.2) is 5.54 Å². The van der Waals surface area contributed by atoms with Gasteiger partial charge in [0.1, 0.15) is 23.8 Å². The number of ether oxygens (including phenoxy) is 1. The maximum atomic E-state index is 12.6. The lowest BCUT2D eigenvalue weighted by Gasteiger charge is -2.43. The van der Waals surface area contributed by atoms with Crippen LogP contribution in [0.4, 0.5) is 5.69 Å². The predicted molar refractivity (Wildman–Crippen MR) is 178 cm³/mol. The van der Waals surface area contributed by atoms with Crippen molar-refractivity contribution in [1.29, 1.82) is 0 Å². The second-order valence-corrected chi connectivity index (χ2v) is 14.5. The van der Waals surface area contributed by atoms with Crippen LogP contribution in [0, 0.1) is 0 Å². The molecule has 6 rings (SSSR count). The average Bonchev–Trinajstić information content (AvgIpc) is 2.93. The Morgan fingerprint density at radius 3 is 2.29 bits per heavy atom. The number of nitrogens with zero attached hydrogens (tertiary/aromatic N) is 2. The van der Waals surface area contributed by atoms with E-state index in [9.17, 15) is 22.9 Å². The molecule has 8 nitrogen and oxygen atoms in total. The number of carboxylic acids is 1. The number of allylic oxidation sites excluding steroid dienone is 1. The second kappa shape index (κ2) is 10.4. The van der Waals surface area contributed by atoms with E-state index in [1.54, 1.807) is 18.2 Å². The van der Waals surface area contributed by atoms with Gasteiger partial charge in [0, 0.05) is 54.1 Å². The number of hydrogen-bond donors (Lipinski definition) is 2. The van der Waals surface area contributed by atoms with Crippen molar-refractivity contribution >= 4 is 38.5 Å². The van der Waals surface area contributed by atoms with Crippen molar-refractivity contribution < 1.29 is 27.6 Å². The van der Waals surface area contributed by atoms with Crippen LogP contribution in [-0.2, 0) is 10.1 Å². The molecule has 3 aliphatic heterocycles. The molecule has 0 aromatic heterocycles. The molecular formula is C36H39N2O6S+. The molecule has 0 fully saturated rings. The van der Waals surface area contributed by atoms with Crippen LogP contribution in [0.5, 0.6) is 11.5 Å². The first-order chi connectivity index (χ1) is 21.1. The highest BCUT2D eigenvalue weighted by atomic mass is 32.2. The zero-order valence-electron chi connectivity index (χ0n) is 26.7. The number of carbonyl (C=O) groups is 1. The van der Waals surface area contributed by atoms with Gasteiger partial charge in [-0.3, -0.25) is 4.55 Å². The van der Waals surface area contributed by atoms with Crippen LogP contribution >= 0.6 is 0 Å². The summed E-state index contributed by atoms with van der Waals surface area (Å²) in [6.45, 7) is 16.1. The highest BCUT2D eigenvalue weighted by molar-refractivity contribution is 7.86. The summed E-state index contributed by atoms with van der Waals surface area (Å²) in [6, 6.07) is 14.9. The Balaban J connectivity index is 1.78. The number of anilines is 1. The summed E-state index contributed by atoms with van der Waals surface area (Å²) in [5, 5.41) is 11.7. The first kappa shape index (κ1) is 30.8. The molecule has 3 aliphatic rings. The van der Waals surface area contributed by atoms with Crippen molar-refractivity contribution in [2.45, 2.75) is 59.5 Å². The molecular weight excluding hydrogens is 588 g/mol. The normalized spacial score (nSPS) is 17.7. The molecule has 0 radical (unpaired) electrons. The first-order valence-electron chi connectivity index (χ1n) is 15.2. The van der Waals surface area contributed by atoms with Gasteiger partial charge in [-0.2, -0.15) is 8.42 Å². The quantitative estimate of drug-likeness (QED) is 0.220. The maximum Gasteiger partial charge on any atom is 0.336 e. The summed E-state index contributed by atoms with van der Waals surface area (Å²) < 4.78 is 43.2. The summed E-state index contributed by atoms with van der Waals surface area (Å²) in [5.74, 6) is -0.431. The van der Waals surface area contributed by atoms with Crippen LogP contribution < -0.4 is 24.8 Å². The fraction of sp³-hybridized carbons (Fsp3) is 0.333. The van der Waals surface area contributed by atoms with Gasteiger partial charge < -0.3 is 14.7 Å². The molecule has 0 amide bonds. The number of likely N-dealkylation sites (N-methyl/N-ethyl adjacent to an activating group) is 2. The van der Waals surface area contributed by atoms with Crippen molar-refractivity contribution in [2.75, 3.05) is 23.7 Å². The Morgan fingerprint density at radius 2 is 1.64 bits per heavy atom. The van der Waals surface area contributed by atoms with E-state index in [4.69, 9.17) is 4.74 Å². The molecule has 0 spiro atoms. The summed E-state index contributed by atoms with van der Waals surface area (Å²) in [6.07, 6.45) is 4.13. The van der Waals surface area contributed by atoms with Crippen LogP contribution in [0.3, 0.4) is 0 Å². The van der Waals surface area contributed by atoms with Crippen LogP contribution in [-0.4, -0.2) is 54.0 Å². The molecule has 0 unspecified atom stereocenters. The highest BCUT2D eigenvalue weighted by Crippen LogP contribution is 2.46. The van der Waals surface area contributed by atoms with Crippen molar-refractivity contribution in [3.63, 3.8) is 0 Å². The van der Waals surface area contributed by atoms with Crippen molar-refractivity contribution in [1.82, 2.24) is 4.58 Å². The summed E-state index contributed by atoms with van der Waals surface area (Å²) in [7, 11) is -4.34. The van der Waals surface area contributed by atoms with Gasteiger partial charge in [-0.05, 0) is 75.6 Å².